The van der Waals surface area contributed by atoms with Crippen LogP contribution in [0.2, 0.25) is 15.1 Å². The molecule has 216 valence electrons. The fraction of sp³-hybridized carbons (Fsp3) is 0.333. The summed E-state index contributed by atoms with van der Waals surface area (Å²) in [6.45, 7) is 3.44. The highest BCUT2D eigenvalue weighted by atomic mass is 35.5. The molecule has 0 saturated carbocycles. The molecule has 0 spiro atoms. The summed E-state index contributed by atoms with van der Waals surface area (Å²) in [6.07, 6.45) is 0.551. The Labute approximate surface area is 253 Å². The molecule has 1 saturated heterocycles. The first kappa shape index (κ1) is 30.8. The summed E-state index contributed by atoms with van der Waals surface area (Å²) in [5, 5.41) is 12.8. The van der Waals surface area contributed by atoms with Crippen LogP contribution in [0.1, 0.15) is 34.7 Å². The molecule has 0 bridgehead atoms. The summed E-state index contributed by atoms with van der Waals surface area (Å²) >= 11 is 18.3. The third kappa shape index (κ3) is 8.20. The number of non-ortho nitro benzene ring substituents is 1. The van der Waals surface area contributed by atoms with E-state index in [4.69, 9.17) is 39.5 Å². The molecule has 11 heteroatoms. The normalized spacial score (nSPS) is 15.9. The predicted octanol–water partition coefficient (Wildman–Crippen LogP) is 6.47. The summed E-state index contributed by atoms with van der Waals surface area (Å²) in [4.78, 5) is 40.7. The number of benzene rings is 3. The number of carbonyl (C=O) groups is 2. The first-order valence-corrected chi connectivity index (χ1v) is 14.2. The van der Waals surface area contributed by atoms with Crippen molar-refractivity contribution in [3.63, 3.8) is 0 Å². The number of nitrogens with zero attached hydrogens (tertiary/aromatic N) is 3. The topological polar surface area (TPSA) is 93.0 Å². The zero-order valence-corrected chi connectivity index (χ0v) is 25.0. The van der Waals surface area contributed by atoms with E-state index in [1.54, 1.807) is 48.3 Å². The molecule has 4 rings (SSSR count). The number of nitro groups is 1. The number of carbonyl (C=O) groups excluding carboxylic acids is 2. The molecule has 3 aromatic rings. The van der Waals surface area contributed by atoms with Crippen molar-refractivity contribution in [2.24, 2.45) is 0 Å². The highest BCUT2D eigenvalue weighted by molar-refractivity contribution is 6.42. The smallest absolute Gasteiger partial charge is 0.310 e. The first-order valence-electron chi connectivity index (χ1n) is 13.1. The van der Waals surface area contributed by atoms with Gasteiger partial charge < -0.3 is 9.64 Å². The van der Waals surface area contributed by atoms with Gasteiger partial charge in [-0.05, 0) is 53.8 Å². The van der Waals surface area contributed by atoms with Crippen molar-refractivity contribution in [2.75, 3.05) is 26.7 Å². The van der Waals surface area contributed by atoms with Crippen molar-refractivity contribution in [1.29, 1.82) is 0 Å². The van der Waals surface area contributed by atoms with Crippen molar-refractivity contribution >= 4 is 52.4 Å². The Kier molecular flexibility index (Phi) is 10.3. The van der Waals surface area contributed by atoms with E-state index < -0.39 is 11.0 Å². The second-order valence-corrected chi connectivity index (χ2v) is 11.4. The molecule has 0 radical (unpaired) electrons. The van der Waals surface area contributed by atoms with Crippen molar-refractivity contribution in [1.82, 2.24) is 9.80 Å². The van der Waals surface area contributed by atoms with Crippen LogP contribution in [0.25, 0.3) is 0 Å². The summed E-state index contributed by atoms with van der Waals surface area (Å²) in [6, 6.07) is 16.4. The molecule has 1 fully saturated rings. The number of rotatable bonds is 10. The number of nitro benzene ring substituents is 1. The third-order valence-corrected chi connectivity index (χ3v) is 8.36. The van der Waals surface area contributed by atoms with Crippen molar-refractivity contribution < 1.29 is 19.2 Å². The van der Waals surface area contributed by atoms with Gasteiger partial charge in [0, 0.05) is 43.8 Å². The van der Waals surface area contributed by atoms with E-state index in [1.165, 1.54) is 12.1 Å². The van der Waals surface area contributed by atoms with Gasteiger partial charge in [-0.3, -0.25) is 24.6 Å². The quantitative estimate of drug-likeness (QED) is 0.147. The van der Waals surface area contributed by atoms with Crippen LogP contribution >= 0.6 is 34.8 Å². The Morgan fingerprint density at radius 3 is 2.44 bits per heavy atom. The van der Waals surface area contributed by atoms with Gasteiger partial charge in [-0.25, -0.2) is 0 Å². The van der Waals surface area contributed by atoms with E-state index in [2.05, 4.69) is 4.90 Å². The van der Waals surface area contributed by atoms with E-state index in [0.29, 0.717) is 52.2 Å². The lowest BCUT2D eigenvalue weighted by atomic mass is 10.0. The van der Waals surface area contributed by atoms with Crippen molar-refractivity contribution in [3.05, 3.63) is 108 Å². The van der Waals surface area contributed by atoms with E-state index in [1.807, 2.05) is 19.1 Å². The molecule has 41 heavy (non-hydrogen) atoms. The maximum atomic E-state index is 13.4. The number of hydrogen-bond acceptors (Lipinski definition) is 6. The zero-order valence-electron chi connectivity index (χ0n) is 22.7. The van der Waals surface area contributed by atoms with E-state index in [-0.39, 0.29) is 36.5 Å². The minimum absolute atomic E-state index is 0.0535. The molecule has 1 aliphatic heterocycles. The van der Waals surface area contributed by atoms with Crippen LogP contribution in [0.15, 0.2) is 60.7 Å². The molecule has 0 aromatic heterocycles. The van der Waals surface area contributed by atoms with Crippen molar-refractivity contribution in [3.8, 4) is 0 Å². The summed E-state index contributed by atoms with van der Waals surface area (Å²) in [5.41, 5.74) is 3.02. The Morgan fingerprint density at radius 1 is 1.02 bits per heavy atom. The van der Waals surface area contributed by atoms with Crippen LogP contribution in [-0.2, 0) is 27.2 Å². The van der Waals surface area contributed by atoms with Crippen LogP contribution in [0.5, 0.6) is 0 Å². The van der Waals surface area contributed by atoms with Gasteiger partial charge in [-0.1, -0.05) is 65.1 Å². The fourth-order valence-corrected chi connectivity index (χ4v) is 5.39. The SMILES string of the molecule is Cc1ccc(CC(=O)O[C@H]2CCN(C[C@H](c3cccc([N+](=O)[O-])c3)N(C)C(=O)Cc3ccc(Cl)c(Cl)c3)C2)cc1Cl. The highest BCUT2D eigenvalue weighted by Crippen LogP contribution is 2.28. The molecule has 0 N–H and O–H groups in total. The molecule has 1 aliphatic rings. The van der Waals surface area contributed by atoms with Gasteiger partial charge in [0.15, 0.2) is 0 Å². The van der Waals surface area contributed by atoms with Crippen LogP contribution in [0.3, 0.4) is 0 Å². The Hall–Kier alpha value is -3.17. The summed E-state index contributed by atoms with van der Waals surface area (Å²) < 4.78 is 5.74. The van der Waals surface area contributed by atoms with Gasteiger partial charge in [0.1, 0.15) is 6.10 Å². The Morgan fingerprint density at radius 2 is 1.73 bits per heavy atom. The van der Waals surface area contributed by atoms with E-state index in [9.17, 15) is 19.7 Å². The minimum atomic E-state index is -0.477. The predicted molar refractivity (Wildman–Crippen MR) is 160 cm³/mol. The average Bonchev–Trinajstić information content (AvgIpc) is 3.37. The van der Waals surface area contributed by atoms with Crippen LogP contribution in [0.4, 0.5) is 5.69 Å². The molecule has 1 heterocycles. The Bertz CT molecular complexity index is 1450. The number of amides is 1. The largest absolute Gasteiger partial charge is 0.461 e. The highest BCUT2D eigenvalue weighted by Gasteiger charge is 2.31. The summed E-state index contributed by atoms with van der Waals surface area (Å²) in [5.74, 6) is -0.514. The maximum absolute atomic E-state index is 13.4. The fourth-order valence-electron chi connectivity index (χ4n) is 4.86. The molecular formula is C30H30Cl3N3O5. The molecule has 3 aromatic carbocycles. The number of ether oxygens (including phenoxy) is 1. The Balaban J connectivity index is 1.45. The summed E-state index contributed by atoms with van der Waals surface area (Å²) in [7, 11) is 1.68. The minimum Gasteiger partial charge on any atom is -0.461 e. The van der Waals surface area contributed by atoms with E-state index in [0.717, 1.165) is 11.1 Å². The number of hydrogen-bond donors (Lipinski definition) is 0. The zero-order chi connectivity index (χ0) is 29.7. The van der Waals surface area contributed by atoms with Gasteiger partial charge >= 0.3 is 5.97 Å². The first-order chi connectivity index (χ1) is 19.5. The van der Waals surface area contributed by atoms with E-state index >= 15 is 0 Å². The third-order valence-electron chi connectivity index (χ3n) is 7.21. The van der Waals surface area contributed by atoms with Gasteiger partial charge in [0.2, 0.25) is 5.91 Å². The van der Waals surface area contributed by atoms with Crippen LogP contribution < -0.4 is 0 Å². The van der Waals surface area contributed by atoms with Gasteiger partial charge in [0.25, 0.3) is 5.69 Å². The number of halogens is 3. The lowest BCUT2D eigenvalue weighted by Crippen LogP contribution is -2.39. The second-order valence-electron chi connectivity index (χ2n) is 10.2. The lowest BCUT2D eigenvalue weighted by molar-refractivity contribution is -0.385. The van der Waals surface area contributed by atoms with Crippen LogP contribution in [0, 0.1) is 17.0 Å². The van der Waals surface area contributed by atoms with Crippen LogP contribution in [-0.4, -0.2) is 59.4 Å². The molecule has 0 aliphatic carbocycles. The number of esters is 1. The average molecular weight is 619 g/mol. The van der Waals surface area contributed by atoms with Gasteiger partial charge in [-0.15, -0.1) is 0 Å². The molecule has 2 atom stereocenters. The van der Waals surface area contributed by atoms with Crippen molar-refractivity contribution in [2.45, 2.75) is 38.3 Å². The molecule has 0 unspecified atom stereocenters. The van der Waals surface area contributed by atoms with Gasteiger partial charge in [-0.2, -0.15) is 0 Å². The van der Waals surface area contributed by atoms with Gasteiger partial charge in [0.05, 0.1) is 33.9 Å². The standard InChI is InChI=1S/C30H30Cl3N3O5/c1-19-6-7-21(12-26(19)32)15-30(38)41-24-10-11-35(17-24)18-28(22-4-3-5-23(16-22)36(39)40)34(2)29(37)14-20-8-9-25(31)27(33)13-20/h3-9,12-13,16,24,28H,10-11,14-15,17-18H2,1-2H3/t24-,28+/m0/s1. The maximum Gasteiger partial charge on any atom is 0.310 e. The number of likely N-dealkylation sites (N-methyl/N-ethyl adjacent to an activating group) is 1. The number of aryl methyl sites for hydroxylation is 1. The second kappa shape index (κ2) is 13.7. The monoisotopic (exact) mass is 617 g/mol. The lowest BCUT2D eigenvalue weighted by Gasteiger charge is -2.32. The number of likely N-dealkylation sites (tertiary alicyclic amines) is 1. The molecule has 1 amide bonds. The molecular weight excluding hydrogens is 589 g/mol. The molecule has 8 nitrogen and oxygen atoms in total.